The molecule has 2 N–H and O–H groups in total. The standard InChI is InChI=1S/C5H12INO/c1-2-8-4-5(7)3-6/h5H,2-4,7H2,1H3. The molecular weight excluding hydrogens is 217 g/mol. The molecule has 0 aromatic rings. The minimum atomic E-state index is 0.218. The van der Waals surface area contributed by atoms with Crippen LogP contribution in [0.15, 0.2) is 0 Å². The lowest BCUT2D eigenvalue weighted by Crippen LogP contribution is -2.27. The van der Waals surface area contributed by atoms with Gasteiger partial charge in [0.25, 0.3) is 0 Å². The zero-order chi connectivity index (χ0) is 6.41. The molecule has 0 radical (unpaired) electrons. The molecule has 50 valence electrons. The van der Waals surface area contributed by atoms with E-state index in [4.69, 9.17) is 10.5 Å². The lowest BCUT2D eigenvalue weighted by atomic mass is 10.4. The van der Waals surface area contributed by atoms with Crippen molar-refractivity contribution < 1.29 is 4.74 Å². The van der Waals surface area contributed by atoms with Crippen LogP contribution in [0.3, 0.4) is 0 Å². The van der Waals surface area contributed by atoms with Crippen molar-refractivity contribution >= 4 is 22.6 Å². The van der Waals surface area contributed by atoms with Crippen LogP contribution in [0.1, 0.15) is 6.92 Å². The van der Waals surface area contributed by atoms with Crippen LogP contribution in [0.2, 0.25) is 0 Å². The zero-order valence-electron chi connectivity index (χ0n) is 5.06. The summed E-state index contributed by atoms with van der Waals surface area (Å²) in [4.78, 5) is 0. The number of hydrogen-bond donors (Lipinski definition) is 1. The molecule has 8 heavy (non-hydrogen) atoms. The van der Waals surface area contributed by atoms with E-state index < -0.39 is 0 Å². The predicted octanol–water partition coefficient (Wildman–Crippen LogP) is 0.785. The highest BCUT2D eigenvalue weighted by Crippen LogP contribution is 1.87. The van der Waals surface area contributed by atoms with E-state index in [9.17, 15) is 0 Å². The van der Waals surface area contributed by atoms with E-state index in [0.717, 1.165) is 11.0 Å². The minimum absolute atomic E-state index is 0.218. The average molecular weight is 229 g/mol. The smallest absolute Gasteiger partial charge is 0.0624 e. The largest absolute Gasteiger partial charge is 0.380 e. The number of hydrogen-bond acceptors (Lipinski definition) is 2. The van der Waals surface area contributed by atoms with Gasteiger partial charge in [-0.15, -0.1) is 0 Å². The van der Waals surface area contributed by atoms with Crippen molar-refractivity contribution in [2.75, 3.05) is 17.6 Å². The number of ether oxygens (including phenoxy) is 1. The van der Waals surface area contributed by atoms with E-state index in [-0.39, 0.29) is 6.04 Å². The first kappa shape index (κ1) is 8.65. The summed E-state index contributed by atoms with van der Waals surface area (Å²) < 4.78 is 6.03. The zero-order valence-corrected chi connectivity index (χ0v) is 7.22. The van der Waals surface area contributed by atoms with E-state index in [1.54, 1.807) is 0 Å². The quantitative estimate of drug-likeness (QED) is 0.571. The van der Waals surface area contributed by atoms with Crippen LogP contribution in [0.5, 0.6) is 0 Å². The summed E-state index contributed by atoms with van der Waals surface area (Å²) in [5.74, 6) is 0. The van der Waals surface area contributed by atoms with Gasteiger partial charge in [0, 0.05) is 17.1 Å². The lowest BCUT2D eigenvalue weighted by molar-refractivity contribution is 0.138. The molecule has 0 aromatic heterocycles. The van der Waals surface area contributed by atoms with Crippen molar-refractivity contribution in [3.05, 3.63) is 0 Å². The van der Waals surface area contributed by atoms with Gasteiger partial charge >= 0.3 is 0 Å². The molecule has 1 atom stereocenters. The highest BCUT2D eigenvalue weighted by molar-refractivity contribution is 14.1. The molecule has 0 aliphatic carbocycles. The van der Waals surface area contributed by atoms with Crippen LogP contribution in [0.25, 0.3) is 0 Å². The van der Waals surface area contributed by atoms with Crippen molar-refractivity contribution in [3.8, 4) is 0 Å². The van der Waals surface area contributed by atoms with Gasteiger partial charge in [0.1, 0.15) is 0 Å². The van der Waals surface area contributed by atoms with E-state index >= 15 is 0 Å². The lowest BCUT2D eigenvalue weighted by Gasteiger charge is -2.05. The molecule has 0 aromatic carbocycles. The maximum atomic E-state index is 5.53. The van der Waals surface area contributed by atoms with Gasteiger partial charge in [-0.25, -0.2) is 0 Å². The fourth-order valence-corrected chi connectivity index (χ4v) is 0.568. The maximum Gasteiger partial charge on any atom is 0.0624 e. The first-order valence-electron chi connectivity index (χ1n) is 2.70. The number of rotatable bonds is 4. The molecule has 0 aliphatic heterocycles. The van der Waals surface area contributed by atoms with Gasteiger partial charge in [0.05, 0.1) is 6.61 Å². The molecule has 0 heterocycles. The topological polar surface area (TPSA) is 35.2 Å². The molecule has 0 amide bonds. The van der Waals surface area contributed by atoms with Gasteiger partial charge in [-0.3, -0.25) is 0 Å². The monoisotopic (exact) mass is 229 g/mol. The Morgan fingerprint density at radius 3 is 2.75 bits per heavy atom. The number of halogens is 1. The molecule has 0 rings (SSSR count). The second kappa shape index (κ2) is 5.78. The Morgan fingerprint density at radius 2 is 2.38 bits per heavy atom. The van der Waals surface area contributed by atoms with E-state index in [1.807, 2.05) is 6.92 Å². The summed E-state index contributed by atoms with van der Waals surface area (Å²) in [6, 6.07) is 0.218. The van der Waals surface area contributed by atoms with E-state index in [0.29, 0.717) is 6.61 Å². The predicted molar refractivity (Wildman–Crippen MR) is 43.4 cm³/mol. The van der Waals surface area contributed by atoms with E-state index in [2.05, 4.69) is 22.6 Å². The molecule has 0 bridgehead atoms. The number of nitrogens with two attached hydrogens (primary N) is 1. The molecule has 0 aliphatic rings. The summed E-state index contributed by atoms with van der Waals surface area (Å²) in [6.45, 7) is 3.43. The van der Waals surface area contributed by atoms with Crippen LogP contribution in [-0.4, -0.2) is 23.7 Å². The Kier molecular flexibility index (Phi) is 6.25. The van der Waals surface area contributed by atoms with Crippen LogP contribution in [0.4, 0.5) is 0 Å². The van der Waals surface area contributed by atoms with Gasteiger partial charge in [0.15, 0.2) is 0 Å². The first-order valence-corrected chi connectivity index (χ1v) is 4.23. The van der Waals surface area contributed by atoms with Gasteiger partial charge < -0.3 is 10.5 Å². The SMILES string of the molecule is CCOCC(N)CI. The second-order valence-electron chi connectivity index (χ2n) is 1.57. The molecule has 0 saturated heterocycles. The highest BCUT2D eigenvalue weighted by atomic mass is 127. The summed E-state index contributed by atoms with van der Waals surface area (Å²) in [7, 11) is 0. The van der Waals surface area contributed by atoms with Crippen molar-refractivity contribution in [1.82, 2.24) is 0 Å². The van der Waals surface area contributed by atoms with Crippen LogP contribution in [-0.2, 0) is 4.74 Å². The van der Waals surface area contributed by atoms with Crippen molar-refractivity contribution in [3.63, 3.8) is 0 Å². The summed E-state index contributed by atoms with van der Waals surface area (Å²) in [6.07, 6.45) is 0. The van der Waals surface area contributed by atoms with Gasteiger partial charge in [-0.2, -0.15) is 0 Å². The Balaban J connectivity index is 2.86. The molecule has 0 saturated carbocycles. The van der Waals surface area contributed by atoms with Gasteiger partial charge in [-0.1, -0.05) is 22.6 Å². The van der Waals surface area contributed by atoms with Crippen LogP contribution >= 0.6 is 22.6 Å². The molecule has 3 heteroatoms. The third-order valence-corrected chi connectivity index (χ3v) is 1.87. The van der Waals surface area contributed by atoms with Gasteiger partial charge in [-0.05, 0) is 6.92 Å². The van der Waals surface area contributed by atoms with Crippen LogP contribution < -0.4 is 5.73 Å². The highest BCUT2D eigenvalue weighted by Gasteiger charge is 1.96. The summed E-state index contributed by atoms with van der Waals surface area (Å²) >= 11 is 2.25. The molecule has 2 nitrogen and oxygen atoms in total. The molecule has 0 spiro atoms. The Labute approximate surface area is 63.9 Å². The van der Waals surface area contributed by atoms with E-state index in [1.165, 1.54) is 0 Å². The fourth-order valence-electron chi connectivity index (χ4n) is 0.314. The Hall–Kier alpha value is 0.650. The first-order chi connectivity index (χ1) is 3.81. The second-order valence-corrected chi connectivity index (χ2v) is 2.45. The fraction of sp³-hybridized carbons (Fsp3) is 1.00. The van der Waals surface area contributed by atoms with Crippen molar-refractivity contribution in [2.24, 2.45) is 5.73 Å². The molecular formula is C5H12INO. The Bertz CT molecular complexity index is 51.7. The third kappa shape index (κ3) is 4.80. The molecule has 1 unspecified atom stereocenters. The number of alkyl halides is 1. The summed E-state index contributed by atoms with van der Waals surface area (Å²) in [5.41, 5.74) is 5.53. The third-order valence-electron chi connectivity index (χ3n) is 0.734. The van der Waals surface area contributed by atoms with Crippen molar-refractivity contribution in [1.29, 1.82) is 0 Å². The molecule has 0 fully saturated rings. The minimum Gasteiger partial charge on any atom is -0.380 e. The average Bonchev–Trinajstić information content (AvgIpc) is 1.83. The normalized spacial score (nSPS) is 13.9. The summed E-state index contributed by atoms with van der Waals surface area (Å²) in [5, 5.41) is 0. The van der Waals surface area contributed by atoms with Gasteiger partial charge in [0.2, 0.25) is 0 Å². The Morgan fingerprint density at radius 1 is 1.75 bits per heavy atom. The van der Waals surface area contributed by atoms with Crippen LogP contribution in [0, 0.1) is 0 Å². The maximum absolute atomic E-state index is 5.53. The van der Waals surface area contributed by atoms with Crippen molar-refractivity contribution in [2.45, 2.75) is 13.0 Å².